The Hall–Kier alpha value is -2.82. The predicted octanol–water partition coefficient (Wildman–Crippen LogP) is 4.32. The number of ether oxygens (including phenoxy) is 1. The highest BCUT2D eigenvalue weighted by Gasteiger charge is 2.29. The fourth-order valence-corrected chi connectivity index (χ4v) is 3.45. The number of carbonyl (C=O) groups excluding carboxylic acids is 2. The molecular formula is C25H34N2O3. The zero-order valence-electron chi connectivity index (χ0n) is 19.0. The number of nitrogens with one attached hydrogen (secondary N) is 1. The van der Waals surface area contributed by atoms with Crippen molar-refractivity contribution < 1.29 is 14.3 Å². The summed E-state index contributed by atoms with van der Waals surface area (Å²) in [5, 5.41) is 2.94. The highest BCUT2D eigenvalue weighted by Crippen LogP contribution is 2.23. The monoisotopic (exact) mass is 410 g/mol. The van der Waals surface area contributed by atoms with Gasteiger partial charge in [-0.2, -0.15) is 0 Å². The van der Waals surface area contributed by atoms with Crippen LogP contribution in [0.1, 0.15) is 49.4 Å². The summed E-state index contributed by atoms with van der Waals surface area (Å²) in [5.74, 6) is 0.364. The molecular weight excluding hydrogens is 376 g/mol. The summed E-state index contributed by atoms with van der Waals surface area (Å²) < 4.78 is 5.91. The summed E-state index contributed by atoms with van der Waals surface area (Å²) in [6, 6.07) is 13.2. The van der Waals surface area contributed by atoms with Crippen LogP contribution in [0.15, 0.2) is 42.5 Å². The van der Waals surface area contributed by atoms with Crippen molar-refractivity contribution in [2.24, 2.45) is 0 Å². The van der Waals surface area contributed by atoms with Crippen molar-refractivity contribution in [3.63, 3.8) is 0 Å². The average molecular weight is 411 g/mol. The molecule has 0 aliphatic rings. The minimum atomic E-state index is -0.552. The van der Waals surface area contributed by atoms with Gasteiger partial charge >= 0.3 is 0 Å². The molecule has 0 bridgehead atoms. The van der Waals surface area contributed by atoms with Crippen LogP contribution in [0.4, 0.5) is 0 Å². The number of hydrogen-bond donors (Lipinski definition) is 1. The molecule has 0 fully saturated rings. The van der Waals surface area contributed by atoms with E-state index in [4.69, 9.17) is 4.74 Å². The zero-order valence-corrected chi connectivity index (χ0v) is 19.0. The smallest absolute Gasteiger partial charge is 0.261 e. The lowest BCUT2D eigenvalue weighted by Gasteiger charge is -2.31. The van der Waals surface area contributed by atoms with Gasteiger partial charge in [-0.05, 0) is 69.4 Å². The van der Waals surface area contributed by atoms with Gasteiger partial charge in [-0.3, -0.25) is 9.59 Å². The van der Waals surface area contributed by atoms with Crippen LogP contribution in [0.5, 0.6) is 5.75 Å². The van der Waals surface area contributed by atoms with E-state index in [0.29, 0.717) is 18.7 Å². The van der Waals surface area contributed by atoms with Gasteiger partial charge in [0.2, 0.25) is 5.91 Å². The topological polar surface area (TPSA) is 58.6 Å². The number of amides is 2. The molecule has 0 saturated carbocycles. The van der Waals surface area contributed by atoms with Gasteiger partial charge in [0.05, 0.1) is 0 Å². The standard InChI is InChI=1S/C25H34N2O3/c1-7-22(25(29)26-17(2)3)27(15-21-11-9-8-10-12-21)24(28)16-30-23-14-18(4)13-19(5)20(23)6/h8-14,17,22H,7,15-16H2,1-6H3,(H,26,29)/t22-/m1/s1. The van der Waals surface area contributed by atoms with Crippen molar-refractivity contribution in [2.75, 3.05) is 6.61 Å². The van der Waals surface area contributed by atoms with Crippen LogP contribution >= 0.6 is 0 Å². The van der Waals surface area contributed by atoms with Crippen LogP contribution in [0, 0.1) is 20.8 Å². The molecule has 2 aromatic carbocycles. The molecule has 0 aliphatic carbocycles. The van der Waals surface area contributed by atoms with Gasteiger partial charge in [0.1, 0.15) is 11.8 Å². The van der Waals surface area contributed by atoms with Crippen molar-refractivity contribution in [1.82, 2.24) is 10.2 Å². The molecule has 5 nitrogen and oxygen atoms in total. The molecule has 0 heterocycles. The SMILES string of the molecule is CC[C@H](C(=O)NC(C)C)N(Cc1ccccc1)C(=O)COc1cc(C)cc(C)c1C. The van der Waals surface area contributed by atoms with Crippen molar-refractivity contribution in [3.8, 4) is 5.75 Å². The first-order valence-electron chi connectivity index (χ1n) is 10.6. The van der Waals surface area contributed by atoms with Crippen LogP contribution < -0.4 is 10.1 Å². The van der Waals surface area contributed by atoms with E-state index in [1.165, 1.54) is 0 Å². The quantitative estimate of drug-likeness (QED) is 0.670. The molecule has 0 aliphatic heterocycles. The number of hydrogen-bond acceptors (Lipinski definition) is 3. The Bertz CT molecular complexity index is 862. The number of aryl methyl sites for hydroxylation is 2. The Morgan fingerprint density at radius 2 is 1.73 bits per heavy atom. The number of benzene rings is 2. The second-order valence-electron chi connectivity index (χ2n) is 8.09. The number of nitrogens with zero attached hydrogens (tertiary/aromatic N) is 1. The van der Waals surface area contributed by atoms with Crippen molar-refractivity contribution in [3.05, 3.63) is 64.7 Å². The van der Waals surface area contributed by atoms with Gasteiger partial charge in [0.25, 0.3) is 5.91 Å². The molecule has 2 amide bonds. The Labute approximate surface area is 180 Å². The molecule has 0 unspecified atom stereocenters. The van der Waals surface area contributed by atoms with Crippen molar-refractivity contribution in [1.29, 1.82) is 0 Å². The summed E-state index contributed by atoms with van der Waals surface area (Å²) in [4.78, 5) is 27.6. The summed E-state index contributed by atoms with van der Waals surface area (Å²) in [6.45, 7) is 12.0. The highest BCUT2D eigenvalue weighted by molar-refractivity contribution is 5.88. The lowest BCUT2D eigenvalue weighted by Crippen LogP contribution is -2.51. The minimum absolute atomic E-state index is 0.00870. The van der Waals surface area contributed by atoms with Crippen molar-refractivity contribution >= 4 is 11.8 Å². The Morgan fingerprint density at radius 3 is 2.33 bits per heavy atom. The molecule has 0 aromatic heterocycles. The molecule has 0 saturated heterocycles. The van der Waals surface area contributed by atoms with E-state index < -0.39 is 6.04 Å². The maximum atomic E-state index is 13.2. The van der Waals surface area contributed by atoms with E-state index >= 15 is 0 Å². The van der Waals surface area contributed by atoms with Gasteiger partial charge < -0.3 is 15.0 Å². The van der Waals surface area contributed by atoms with E-state index in [0.717, 1.165) is 22.3 Å². The molecule has 2 rings (SSSR count). The van der Waals surface area contributed by atoms with Gasteiger partial charge in [-0.1, -0.05) is 43.3 Å². The minimum Gasteiger partial charge on any atom is -0.483 e. The number of carbonyl (C=O) groups is 2. The van der Waals surface area contributed by atoms with Gasteiger partial charge in [-0.15, -0.1) is 0 Å². The van der Waals surface area contributed by atoms with Gasteiger partial charge in [0, 0.05) is 12.6 Å². The van der Waals surface area contributed by atoms with E-state index in [1.807, 2.05) is 77.9 Å². The normalized spacial score (nSPS) is 11.8. The zero-order chi connectivity index (χ0) is 22.3. The lowest BCUT2D eigenvalue weighted by atomic mass is 10.1. The molecule has 162 valence electrons. The molecule has 5 heteroatoms. The molecule has 0 spiro atoms. The van der Waals surface area contributed by atoms with Crippen LogP contribution in [-0.4, -0.2) is 35.4 Å². The third-order valence-electron chi connectivity index (χ3n) is 5.13. The van der Waals surface area contributed by atoms with E-state index in [-0.39, 0.29) is 24.5 Å². The largest absolute Gasteiger partial charge is 0.483 e. The first kappa shape index (κ1) is 23.5. The van der Waals surface area contributed by atoms with E-state index in [2.05, 4.69) is 11.4 Å². The number of rotatable bonds is 9. The summed E-state index contributed by atoms with van der Waals surface area (Å²) in [7, 11) is 0. The third-order valence-corrected chi connectivity index (χ3v) is 5.13. The first-order chi connectivity index (χ1) is 14.2. The Balaban J connectivity index is 2.24. The lowest BCUT2D eigenvalue weighted by molar-refractivity contribution is -0.143. The molecule has 30 heavy (non-hydrogen) atoms. The predicted molar refractivity (Wildman–Crippen MR) is 120 cm³/mol. The van der Waals surface area contributed by atoms with E-state index in [9.17, 15) is 9.59 Å². The maximum absolute atomic E-state index is 13.2. The highest BCUT2D eigenvalue weighted by atomic mass is 16.5. The fourth-order valence-electron chi connectivity index (χ4n) is 3.45. The Morgan fingerprint density at radius 1 is 1.07 bits per heavy atom. The Kier molecular flexibility index (Phi) is 8.46. The molecule has 1 N–H and O–H groups in total. The average Bonchev–Trinajstić information content (AvgIpc) is 2.69. The molecule has 2 aromatic rings. The second-order valence-corrected chi connectivity index (χ2v) is 8.09. The summed E-state index contributed by atoms with van der Waals surface area (Å²) in [5.41, 5.74) is 4.21. The van der Waals surface area contributed by atoms with Gasteiger partial charge in [-0.25, -0.2) is 0 Å². The van der Waals surface area contributed by atoms with Crippen LogP contribution in [0.25, 0.3) is 0 Å². The summed E-state index contributed by atoms with van der Waals surface area (Å²) in [6.07, 6.45) is 0.527. The third kappa shape index (κ3) is 6.34. The fraction of sp³-hybridized carbons (Fsp3) is 0.440. The molecule has 0 radical (unpaired) electrons. The van der Waals surface area contributed by atoms with Crippen molar-refractivity contribution in [2.45, 2.75) is 66.6 Å². The molecule has 1 atom stereocenters. The first-order valence-corrected chi connectivity index (χ1v) is 10.6. The summed E-state index contributed by atoms with van der Waals surface area (Å²) >= 11 is 0. The van der Waals surface area contributed by atoms with E-state index in [1.54, 1.807) is 4.90 Å². The van der Waals surface area contributed by atoms with Crippen LogP contribution in [0.2, 0.25) is 0 Å². The maximum Gasteiger partial charge on any atom is 0.261 e. The van der Waals surface area contributed by atoms with Gasteiger partial charge in [0.15, 0.2) is 6.61 Å². The van der Waals surface area contributed by atoms with Crippen LogP contribution in [0.3, 0.4) is 0 Å². The second kappa shape index (κ2) is 10.8. The van der Waals surface area contributed by atoms with Crippen LogP contribution in [-0.2, 0) is 16.1 Å².